The average Bonchev–Trinajstić information content (AvgIpc) is 2.70. The Bertz CT molecular complexity index is 226. The number of rotatable bonds is 2. The van der Waals surface area contributed by atoms with Gasteiger partial charge in [-0.25, -0.2) is 0 Å². The van der Waals surface area contributed by atoms with Gasteiger partial charge in [0.1, 0.15) is 0 Å². The molecule has 0 spiro atoms. The van der Waals surface area contributed by atoms with E-state index >= 15 is 0 Å². The lowest BCUT2D eigenvalue weighted by molar-refractivity contribution is 0.0501. The Labute approximate surface area is 87.3 Å². The summed E-state index contributed by atoms with van der Waals surface area (Å²) in [6.07, 6.45) is 5.15. The van der Waals surface area contributed by atoms with Gasteiger partial charge in [0.15, 0.2) is 0 Å². The van der Waals surface area contributed by atoms with E-state index in [9.17, 15) is 5.11 Å². The maximum Gasteiger partial charge on any atom is 0.0507 e. The van der Waals surface area contributed by atoms with Crippen LogP contribution in [0.15, 0.2) is 0 Å². The SMILES string of the molecule is CN1CCCCC1C1(CO)CC1(C)C. The van der Waals surface area contributed by atoms with Crippen LogP contribution in [-0.2, 0) is 0 Å². The summed E-state index contributed by atoms with van der Waals surface area (Å²) in [5.41, 5.74) is 0.570. The molecule has 0 bridgehead atoms. The van der Waals surface area contributed by atoms with Gasteiger partial charge in [-0.15, -0.1) is 0 Å². The van der Waals surface area contributed by atoms with Crippen molar-refractivity contribution in [2.75, 3.05) is 20.2 Å². The normalized spacial score (nSPS) is 42.4. The van der Waals surface area contributed by atoms with Gasteiger partial charge in [0.05, 0.1) is 6.61 Å². The second-order valence-corrected chi connectivity index (χ2v) is 5.87. The van der Waals surface area contributed by atoms with Crippen molar-refractivity contribution in [3.8, 4) is 0 Å². The first-order valence-electron chi connectivity index (χ1n) is 5.85. The van der Waals surface area contributed by atoms with E-state index in [1.165, 1.54) is 32.2 Å². The van der Waals surface area contributed by atoms with Crippen LogP contribution in [0.4, 0.5) is 0 Å². The third-order valence-electron chi connectivity index (χ3n) is 4.67. The maximum absolute atomic E-state index is 9.64. The Hall–Kier alpha value is -0.0800. The number of likely N-dealkylation sites (tertiary alicyclic amines) is 1. The second kappa shape index (κ2) is 3.21. The molecule has 2 heteroatoms. The Morgan fingerprint density at radius 3 is 2.43 bits per heavy atom. The maximum atomic E-state index is 9.64. The molecule has 0 aromatic heterocycles. The summed E-state index contributed by atoms with van der Waals surface area (Å²) < 4.78 is 0. The molecule has 2 atom stereocenters. The Balaban J connectivity index is 2.13. The third-order valence-corrected chi connectivity index (χ3v) is 4.67. The lowest BCUT2D eigenvalue weighted by Gasteiger charge is -2.39. The fourth-order valence-corrected chi connectivity index (χ4v) is 3.46. The van der Waals surface area contributed by atoms with Crippen LogP contribution in [0.5, 0.6) is 0 Å². The summed E-state index contributed by atoms with van der Waals surface area (Å²) in [5, 5.41) is 9.64. The molecule has 14 heavy (non-hydrogen) atoms. The number of piperidine rings is 1. The molecule has 2 aliphatic rings. The summed E-state index contributed by atoms with van der Waals surface area (Å²) >= 11 is 0. The van der Waals surface area contributed by atoms with E-state index in [4.69, 9.17) is 0 Å². The molecule has 0 aromatic carbocycles. The monoisotopic (exact) mass is 197 g/mol. The first-order chi connectivity index (χ1) is 6.53. The summed E-state index contributed by atoms with van der Waals surface area (Å²) in [4.78, 5) is 2.47. The summed E-state index contributed by atoms with van der Waals surface area (Å²) in [5.74, 6) is 0. The summed E-state index contributed by atoms with van der Waals surface area (Å²) in [6.45, 7) is 6.18. The van der Waals surface area contributed by atoms with E-state index in [0.29, 0.717) is 18.1 Å². The van der Waals surface area contributed by atoms with E-state index < -0.39 is 0 Å². The zero-order valence-corrected chi connectivity index (χ0v) is 9.71. The number of nitrogens with zero attached hydrogens (tertiary/aromatic N) is 1. The molecule has 82 valence electrons. The van der Waals surface area contributed by atoms with E-state index in [2.05, 4.69) is 25.8 Å². The molecule has 0 aromatic rings. The van der Waals surface area contributed by atoms with Crippen LogP contribution in [-0.4, -0.2) is 36.2 Å². The van der Waals surface area contributed by atoms with Crippen molar-refractivity contribution in [3.05, 3.63) is 0 Å². The standard InChI is InChI=1S/C12H23NO/c1-11(2)8-12(11,9-14)10-6-4-5-7-13(10)3/h10,14H,4-9H2,1-3H3. The Kier molecular flexibility index (Phi) is 2.39. The van der Waals surface area contributed by atoms with Crippen LogP contribution in [0.3, 0.4) is 0 Å². The van der Waals surface area contributed by atoms with Crippen molar-refractivity contribution in [2.45, 2.75) is 45.6 Å². The van der Waals surface area contributed by atoms with Crippen molar-refractivity contribution < 1.29 is 5.11 Å². The highest BCUT2D eigenvalue weighted by atomic mass is 16.3. The Morgan fingerprint density at radius 2 is 2.00 bits per heavy atom. The van der Waals surface area contributed by atoms with E-state index in [1.807, 2.05) is 0 Å². The van der Waals surface area contributed by atoms with Crippen molar-refractivity contribution in [2.24, 2.45) is 10.8 Å². The fourth-order valence-electron chi connectivity index (χ4n) is 3.46. The molecular formula is C12H23NO. The van der Waals surface area contributed by atoms with Crippen LogP contribution in [0.25, 0.3) is 0 Å². The number of hydrogen-bond donors (Lipinski definition) is 1. The lowest BCUT2D eigenvalue weighted by atomic mass is 9.83. The van der Waals surface area contributed by atoms with Gasteiger partial charge in [-0.3, -0.25) is 0 Å². The molecule has 1 N–H and O–H groups in total. The van der Waals surface area contributed by atoms with E-state index in [0.717, 1.165) is 0 Å². The predicted octanol–water partition coefficient (Wildman–Crippen LogP) is 1.88. The van der Waals surface area contributed by atoms with Crippen LogP contribution in [0, 0.1) is 10.8 Å². The van der Waals surface area contributed by atoms with Gasteiger partial charge >= 0.3 is 0 Å². The minimum atomic E-state index is 0.210. The van der Waals surface area contributed by atoms with Gasteiger partial charge in [0.25, 0.3) is 0 Å². The topological polar surface area (TPSA) is 23.5 Å². The molecule has 1 saturated heterocycles. The summed E-state index contributed by atoms with van der Waals surface area (Å²) in [6, 6.07) is 0.622. The average molecular weight is 197 g/mol. The molecule has 1 heterocycles. The molecule has 1 saturated carbocycles. The third kappa shape index (κ3) is 1.31. The van der Waals surface area contributed by atoms with Crippen LogP contribution >= 0.6 is 0 Å². The smallest absolute Gasteiger partial charge is 0.0507 e. The highest BCUT2D eigenvalue weighted by molar-refractivity contribution is 5.15. The highest BCUT2D eigenvalue weighted by Crippen LogP contribution is 2.66. The lowest BCUT2D eigenvalue weighted by Crippen LogP contribution is -2.45. The van der Waals surface area contributed by atoms with Gasteiger partial charge < -0.3 is 10.0 Å². The molecule has 1 aliphatic heterocycles. The number of hydrogen-bond acceptors (Lipinski definition) is 2. The number of aliphatic hydroxyl groups is 1. The zero-order valence-electron chi connectivity index (χ0n) is 9.71. The molecule has 2 rings (SSSR count). The number of aliphatic hydroxyl groups excluding tert-OH is 1. The molecule has 0 amide bonds. The van der Waals surface area contributed by atoms with Crippen molar-refractivity contribution in [1.29, 1.82) is 0 Å². The molecule has 1 aliphatic carbocycles. The van der Waals surface area contributed by atoms with Crippen LogP contribution in [0.1, 0.15) is 39.5 Å². The van der Waals surface area contributed by atoms with Gasteiger partial charge in [-0.05, 0) is 38.3 Å². The molecule has 2 fully saturated rings. The predicted molar refractivity (Wildman–Crippen MR) is 58.2 cm³/mol. The minimum absolute atomic E-state index is 0.210. The van der Waals surface area contributed by atoms with Crippen molar-refractivity contribution in [3.63, 3.8) is 0 Å². The fraction of sp³-hybridized carbons (Fsp3) is 1.00. The van der Waals surface area contributed by atoms with E-state index in [-0.39, 0.29) is 5.41 Å². The van der Waals surface area contributed by atoms with E-state index in [1.54, 1.807) is 0 Å². The second-order valence-electron chi connectivity index (χ2n) is 5.87. The molecule has 2 nitrogen and oxygen atoms in total. The molecule has 0 radical (unpaired) electrons. The van der Waals surface area contributed by atoms with Gasteiger partial charge in [0, 0.05) is 11.5 Å². The van der Waals surface area contributed by atoms with Crippen LogP contribution in [0.2, 0.25) is 0 Å². The van der Waals surface area contributed by atoms with Gasteiger partial charge in [-0.1, -0.05) is 20.3 Å². The van der Waals surface area contributed by atoms with Crippen molar-refractivity contribution >= 4 is 0 Å². The zero-order chi connectivity index (χ0) is 10.4. The first-order valence-corrected chi connectivity index (χ1v) is 5.85. The minimum Gasteiger partial charge on any atom is -0.396 e. The highest BCUT2D eigenvalue weighted by Gasteiger charge is 2.65. The largest absolute Gasteiger partial charge is 0.396 e. The van der Waals surface area contributed by atoms with Crippen LogP contribution < -0.4 is 0 Å². The molecular weight excluding hydrogens is 174 g/mol. The molecule has 2 unspecified atom stereocenters. The van der Waals surface area contributed by atoms with Crippen molar-refractivity contribution in [1.82, 2.24) is 4.90 Å². The first kappa shape index (κ1) is 10.4. The van der Waals surface area contributed by atoms with Gasteiger partial charge in [-0.2, -0.15) is 0 Å². The quantitative estimate of drug-likeness (QED) is 0.730. The summed E-state index contributed by atoms with van der Waals surface area (Å²) in [7, 11) is 2.22. The van der Waals surface area contributed by atoms with Gasteiger partial charge in [0.2, 0.25) is 0 Å². The Morgan fingerprint density at radius 1 is 1.36 bits per heavy atom.